The molecule has 0 atom stereocenters. The monoisotopic (exact) mass is 272 g/mol. The van der Waals surface area contributed by atoms with Gasteiger partial charge in [-0.15, -0.1) is 0 Å². The lowest BCUT2D eigenvalue weighted by molar-refractivity contribution is 0.572. The van der Waals surface area contributed by atoms with Gasteiger partial charge >= 0.3 is 0 Å². The number of halogens is 1. The van der Waals surface area contributed by atoms with E-state index in [1.165, 1.54) is 6.07 Å². The Balaban J connectivity index is 1.85. The maximum atomic E-state index is 13.6. The number of rotatable bonds is 5. The van der Waals surface area contributed by atoms with E-state index >= 15 is 0 Å². The van der Waals surface area contributed by atoms with Gasteiger partial charge < -0.3 is 5.32 Å². The molecule has 0 aliphatic heterocycles. The normalized spacial score (nSPS) is 10.3. The number of benzene rings is 1. The molecule has 0 bridgehead atoms. The predicted octanol–water partition coefficient (Wildman–Crippen LogP) is 3.01. The number of anilines is 1. The van der Waals surface area contributed by atoms with Gasteiger partial charge in [-0.05, 0) is 44.5 Å². The molecule has 104 valence electrons. The van der Waals surface area contributed by atoms with Crippen molar-refractivity contribution in [1.82, 2.24) is 9.78 Å². The Morgan fingerprint density at radius 2 is 2.15 bits per heavy atom. The fourth-order valence-electron chi connectivity index (χ4n) is 2.08. The van der Waals surface area contributed by atoms with Crippen LogP contribution < -0.4 is 5.32 Å². The predicted molar refractivity (Wildman–Crippen MR) is 75.9 cm³/mol. The molecule has 0 unspecified atom stereocenters. The van der Waals surface area contributed by atoms with Crippen molar-refractivity contribution in [3.63, 3.8) is 0 Å². The Kier molecular flexibility index (Phi) is 4.36. The zero-order valence-corrected chi connectivity index (χ0v) is 11.7. The van der Waals surface area contributed by atoms with Gasteiger partial charge in [0.1, 0.15) is 5.82 Å². The Hall–Kier alpha value is -2.35. The highest BCUT2D eigenvalue weighted by molar-refractivity contribution is 5.48. The topological polar surface area (TPSA) is 53.6 Å². The molecule has 5 heteroatoms. The minimum Gasteiger partial charge on any atom is -0.383 e. The molecule has 0 aliphatic carbocycles. The molecule has 4 nitrogen and oxygen atoms in total. The summed E-state index contributed by atoms with van der Waals surface area (Å²) in [5, 5.41) is 16.1. The molecule has 2 rings (SSSR count). The van der Waals surface area contributed by atoms with Crippen molar-refractivity contribution in [3.8, 4) is 6.07 Å². The summed E-state index contributed by atoms with van der Waals surface area (Å²) in [6.45, 7) is 5.44. The third-order valence-corrected chi connectivity index (χ3v) is 3.06. The van der Waals surface area contributed by atoms with Crippen LogP contribution in [0.25, 0.3) is 0 Å². The van der Waals surface area contributed by atoms with Crippen molar-refractivity contribution < 1.29 is 4.39 Å². The van der Waals surface area contributed by atoms with Crippen LogP contribution in [0.1, 0.15) is 23.4 Å². The average Bonchev–Trinajstić information content (AvgIpc) is 2.74. The third kappa shape index (κ3) is 3.35. The number of nitrogens with zero attached hydrogens (tertiary/aromatic N) is 3. The summed E-state index contributed by atoms with van der Waals surface area (Å²) in [5.74, 6) is -0.393. The van der Waals surface area contributed by atoms with Crippen LogP contribution in [0.2, 0.25) is 0 Å². The smallest absolute Gasteiger partial charge is 0.147 e. The van der Waals surface area contributed by atoms with Gasteiger partial charge in [-0.25, -0.2) is 4.39 Å². The first-order chi connectivity index (χ1) is 9.60. The average molecular weight is 272 g/mol. The van der Waals surface area contributed by atoms with E-state index in [0.29, 0.717) is 17.8 Å². The number of hydrogen-bond acceptors (Lipinski definition) is 3. The number of nitrogens with one attached hydrogen (secondary N) is 1. The molecule has 0 amide bonds. The molecule has 0 fully saturated rings. The summed E-state index contributed by atoms with van der Waals surface area (Å²) < 4.78 is 15.6. The summed E-state index contributed by atoms with van der Waals surface area (Å²) in [6.07, 6.45) is 0.849. The Bertz CT molecular complexity index is 640. The first kappa shape index (κ1) is 14.1. The van der Waals surface area contributed by atoms with Crippen molar-refractivity contribution in [2.45, 2.75) is 26.8 Å². The summed E-state index contributed by atoms with van der Waals surface area (Å²) in [7, 11) is 0. The molecular formula is C15H17FN4. The minimum atomic E-state index is -0.393. The van der Waals surface area contributed by atoms with Crippen LogP contribution in [-0.2, 0) is 6.54 Å². The Morgan fingerprint density at radius 3 is 2.75 bits per heavy atom. The summed E-state index contributed by atoms with van der Waals surface area (Å²) in [4.78, 5) is 0. The maximum Gasteiger partial charge on any atom is 0.147 e. The van der Waals surface area contributed by atoms with Crippen molar-refractivity contribution in [1.29, 1.82) is 5.26 Å². The summed E-state index contributed by atoms with van der Waals surface area (Å²) in [6, 6.07) is 8.39. The van der Waals surface area contributed by atoms with Gasteiger partial charge in [0.15, 0.2) is 0 Å². The highest BCUT2D eigenvalue weighted by Gasteiger charge is 2.03. The van der Waals surface area contributed by atoms with Crippen molar-refractivity contribution >= 4 is 5.69 Å². The van der Waals surface area contributed by atoms with Gasteiger partial charge in [0.05, 0.1) is 23.0 Å². The number of aromatic nitrogens is 2. The van der Waals surface area contributed by atoms with E-state index in [-0.39, 0.29) is 0 Å². The van der Waals surface area contributed by atoms with E-state index in [1.807, 2.05) is 30.7 Å². The molecule has 20 heavy (non-hydrogen) atoms. The number of nitriles is 1. The number of aryl methyl sites for hydroxylation is 3. The van der Waals surface area contributed by atoms with E-state index in [1.54, 1.807) is 12.1 Å². The first-order valence-electron chi connectivity index (χ1n) is 6.54. The summed E-state index contributed by atoms with van der Waals surface area (Å²) in [5.41, 5.74) is 2.90. The zero-order valence-electron chi connectivity index (χ0n) is 11.7. The molecule has 2 aromatic rings. The van der Waals surface area contributed by atoms with Gasteiger partial charge in [0.25, 0.3) is 0 Å². The zero-order chi connectivity index (χ0) is 14.5. The molecule has 0 saturated heterocycles. The Labute approximate surface area is 117 Å². The minimum absolute atomic E-state index is 0.329. The second-order valence-electron chi connectivity index (χ2n) is 4.74. The Morgan fingerprint density at radius 1 is 1.35 bits per heavy atom. The van der Waals surface area contributed by atoms with E-state index in [0.717, 1.165) is 24.4 Å². The molecule has 0 radical (unpaired) electrons. The molecule has 1 N–H and O–H groups in total. The van der Waals surface area contributed by atoms with Crippen LogP contribution in [0.15, 0.2) is 24.3 Å². The fraction of sp³-hybridized carbons (Fsp3) is 0.333. The second kappa shape index (κ2) is 6.20. The van der Waals surface area contributed by atoms with Gasteiger partial charge in [-0.1, -0.05) is 0 Å². The van der Waals surface area contributed by atoms with Gasteiger partial charge in [0.2, 0.25) is 0 Å². The SMILES string of the molecule is Cc1cc(C)n(CCCNc2ccc(C#N)cc2F)n1. The van der Waals surface area contributed by atoms with E-state index in [9.17, 15) is 4.39 Å². The molecule has 0 aliphatic rings. The maximum absolute atomic E-state index is 13.6. The molecule has 0 saturated carbocycles. The van der Waals surface area contributed by atoms with Crippen molar-refractivity contribution in [2.75, 3.05) is 11.9 Å². The number of hydrogen-bond donors (Lipinski definition) is 1. The van der Waals surface area contributed by atoms with Crippen LogP contribution >= 0.6 is 0 Å². The molecule has 1 heterocycles. The standard InChI is InChI=1S/C15H17FN4/c1-11-8-12(2)20(19-11)7-3-6-18-15-5-4-13(10-17)9-14(15)16/h4-5,8-9,18H,3,6-7H2,1-2H3. The van der Waals surface area contributed by atoms with Crippen LogP contribution in [0.5, 0.6) is 0 Å². The first-order valence-corrected chi connectivity index (χ1v) is 6.54. The van der Waals surface area contributed by atoms with Crippen LogP contribution in [0.4, 0.5) is 10.1 Å². The lowest BCUT2D eigenvalue weighted by atomic mass is 10.2. The van der Waals surface area contributed by atoms with E-state index in [2.05, 4.69) is 10.4 Å². The van der Waals surface area contributed by atoms with Crippen molar-refractivity contribution in [3.05, 3.63) is 47.0 Å². The fourth-order valence-corrected chi connectivity index (χ4v) is 2.08. The van der Waals surface area contributed by atoms with Crippen LogP contribution in [0, 0.1) is 31.0 Å². The lowest BCUT2D eigenvalue weighted by Gasteiger charge is -2.08. The van der Waals surface area contributed by atoms with E-state index < -0.39 is 5.82 Å². The second-order valence-corrected chi connectivity index (χ2v) is 4.74. The molecule has 1 aromatic heterocycles. The van der Waals surface area contributed by atoms with Crippen molar-refractivity contribution in [2.24, 2.45) is 0 Å². The third-order valence-electron chi connectivity index (χ3n) is 3.06. The van der Waals surface area contributed by atoms with Gasteiger partial charge in [-0.3, -0.25) is 4.68 Å². The quantitative estimate of drug-likeness (QED) is 0.851. The highest BCUT2D eigenvalue weighted by atomic mass is 19.1. The summed E-state index contributed by atoms with van der Waals surface area (Å²) >= 11 is 0. The lowest BCUT2D eigenvalue weighted by Crippen LogP contribution is -2.09. The van der Waals surface area contributed by atoms with Crippen LogP contribution in [0.3, 0.4) is 0 Å². The van der Waals surface area contributed by atoms with Gasteiger partial charge in [-0.2, -0.15) is 10.4 Å². The van der Waals surface area contributed by atoms with Gasteiger partial charge in [0, 0.05) is 18.8 Å². The highest BCUT2D eigenvalue weighted by Crippen LogP contribution is 2.15. The molecular weight excluding hydrogens is 255 g/mol. The molecule has 0 spiro atoms. The largest absolute Gasteiger partial charge is 0.383 e. The van der Waals surface area contributed by atoms with E-state index in [4.69, 9.17) is 5.26 Å². The van der Waals surface area contributed by atoms with Crippen LogP contribution in [-0.4, -0.2) is 16.3 Å². The molecule has 1 aromatic carbocycles.